The van der Waals surface area contributed by atoms with Crippen LogP contribution in [-0.4, -0.2) is 62.2 Å². The molecule has 3 heteroatoms. The maximum absolute atomic E-state index is 3.63. The smallest absolute Gasteiger partial charge is 0.0337 e. The topological polar surface area (TPSA) is 18.5 Å². The summed E-state index contributed by atoms with van der Waals surface area (Å²) in [7, 11) is 4.34. The van der Waals surface area contributed by atoms with Crippen LogP contribution in [0.3, 0.4) is 0 Å². The average molecular weight is 225 g/mol. The Morgan fingerprint density at radius 3 is 2.94 bits per heavy atom. The second kappa shape index (κ2) is 5.03. The Bertz CT molecular complexity index is 229. The summed E-state index contributed by atoms with van der Waals surface area (Å²) in [5.74, 6) is 0.841. The summed E-state index contributed by atoms with van der Waals surface area (Å²) in [5, 5.41) is 3.63. The lowest BCUT2D eigenvalue weighted by molar-refractivity contribution is 0.0783. The molecule has 2 aliphatic heterocycles. The molecule has 1 spiro atoms. The number of likely N-dealkylation sites (tertiary alicyclic amines) is 1. The van der Waals surface area contributed by atoms with Crippen molar-refractivity contribution in [2.45, 2.75) is 31.7 Å². The van der Waals surface area contributed by atoms with Gasteiger partial charge in [-0.3, -0.25) is 4.90 Å². The number of piperidine rings is 1. The van der Waals surface area contributed by atoms with Crippen LogP contribution < -0.4 is 5.32 Å². The van der Waals surface area contributed by atoms with E-state index in [9.17, 15) is 0 Å². The summed E-state index contributed by atoms with van der Waals surface area (Å²) in [6.07, 6.45) is 4.19. The summed E-state index contributed by atoms with van der Waals surface area (Å²) >= 11 is 0. The SMILES string of the molecule is CC1CNCC2(CCCN2CCN(C)C)C1. The van der Waals surface area contributed by atoms with Gasteiger partial charge >= 0.3 is 0 Å². The fraction of sp³-hybridized carbons (Fsp3) is 1.00. The number of nitrogens with zero attached hydrogens (tertiary/aromatic N) is 2. The van der Waals surface area contributed by atoms with E-state index in [1.165, 1.54) is 52.0 Å². The summed E-state index contributed by atoms with van der Waals surface area (Å²) in [5.41, 5.74) is 0.494. The highest BCUT2D eigenvalue weighted by molar-refractivity contribution is 5.01. The normalized spacial score (nSPS) is 36.4. The molecule has 0 aromatic heterocycles. The highest BCUT2D eigenvalue weighted by Gasteiger charge is 2.42. The maximum atomic E-state index is 3.63. The Kier molecular flexibility index (Phi) is 3.88. The highest BCUT2D eigenvalue weighted by atomic mass is 15.3. The van der Waals surface area contributed by atoms with E-state index in [-0.39, 0.29) is 0 Å². The molecule has 94 valence electrons. The Hall–Kier alpha value is -0.120. The molecule has 2 aliphatic rings. The van der Waals surface area contributed by atoms with Crippen molar-refractivity contribution in [3.63, 3.8) is 0 Å². The molecule has 0 aromatic rings. The van der Waals surface area contributed by atoms with E-state index in [1.807, 2.05) is 0 Å². The second-order valence-electron chi connectivity index (χ2n) is 6.06. The monoisotopic (exact) mass is 225 g/mol. The zero-order chi connectivity index (χ0) is 11.6. The van der Waals surface area contributed by atoms with Gasteiger partial charge in [0.2, 0.25) is 0 Å². The van der Waals surface area contributed by atoms with E-state index in [2.05, 4.69) is 36.1 Å². The van der Waals surface area contributed by atoms with Crippen molar-refractivity contribution < 1.29 is 0 Å². The van der Waals surface area contributed by atoms with E-state index in [4.69, 9.17) is 0 Å². The predicted octanol–water partition coefficient (Wildman–Crippen LogP) is 1.01. The molecule has 16 heavy (non-hydrogen) atoms. The van der Waals surface area contributed by atoms with Gasteiger partial charge in [0, 0.05) is 25.2 Å². The molecule has 2 atom stereocenters. The van der Waals surface area contributed by atoms with Gasteiger partial charge in [-0.25, -0.2) is 0 Å². The first-order valence-corrected chi connectivity index (χ1v) is 6.73. The predicted molar refractivity (Wildman–Crippen MR) is 68.7 cm³/mol. The molecule has 1 N–H and O–H groups in total. The Balaban J connectivity index is 1.95. The van der Waals surface area contributed by atoms with Gasteiger partial charge in [-0.1, -0.05) is 6.92 Å². The fourth-order valence-corrected chi connectivity index (χ4v) is 3.44. The average Bonchev–Trinajstić information content (AvgIpc) is 2.57. The van der Waals surface area contributed by atoms with Crippen LogP contribution >= 0.6 is 0 Å². The summed E-state index contributed by atoms with van der Waals surface area (Å²) in [6.45, 7) is 8.55. The first-order valence-electron chi connectivity index (χ1n) is 6.73. The van der Waals surface area contributed by atoms with E-state index in [0.717, 1.165) is 5.92 Å². The summed E-state index contributed by atoms with van der Waals surface area (Å²) in [4.78, 5) is 5.04. The third-order valence-electron chi connectivity index (χ3n) is 4.23. The molecule has 0 aromatic carbocycles. The molecule has 2 rings (SSSR count). The minimum absolute atomic E-state index is 0.494. The van der Waals surface area contributed by atoms with Gasteiger partial charge in [0.15, 0.2) is 0 Å². The van der Waals surface area contributed by atoms with Crippen LogP contribution in [0, 0.1) is 5.92 Å². The van der Waals surface area contributed by atoms with Crippen molar-refractivity contribution >= 4 is 0 Å². The molecule has 3 nitrogen and oxygen atoms in total. The van der Waals surface area contributed by atoms with Gasteiger partial charge in [-0.05, 0) is 52.4 Å². The van der Waals surface area contributed by atoms with Gasteiger partial charge in [0.1, 0.15) is 0 Å². The number of likely N-dealkylation sites (N-methyl/N-ethyl adjacent to an activating group) is 1. The Morgan fingerprint density at radius 1 is 1.44 bits per heavy atom. The lowest BCUT2D eigenvalue weighted by atomic mass is 9.82. The van der Waals surface area contributed by atoms with E-state index < -0.39 is 0 Å². The lowest BCUT2D eigenvalue weighted by Gasteiger charge is -2.44. The van der Waals surface area contributed by atoms with Crippen molar-refractivity contribution in [3.8, 4) is 0 Å². The minimum Gasteiger partial charge on any atom is -0.315 e. The van der Waals surface area contributed by atoms with Crippen LogP contribution in [-0.2, 0) is 0 Å². The van der Waals surface area contributed by atoms with Gasteiger partial charge in [0.05, 0.1) is 0 Å². The summed E-state index contributed by atoms with van der Waals surface area (Å²) < 4.78 is 0. The van der Waals surface area contributed by atoms with E-state index >= 15 is 0 Å². The zero-order valence-electron chi connectivity index (χ0n) is 11.1. The minimum atomic E-state index is 0.494. The molecule has 0 amide bonds. The van der Waals surface area contributed by atoms with Gasteiger partial charge < -0.3 is 10.2 Å². The second-order valence-corrected chi connectivity index (χ2v) is 6.06. The largest absolute Gasteiger partial charge is 0.315 e. The molecule has 2 unspecified atom stereocenters. The Morgan fingerprint density at radius 2 is 2.25 bits per heavy atom. The molecule has 0 saturated carbocycles. The van der Waals surface area contributed by atoms with Crippen LogP contribution in [0.5, 0.6) is 0 Å². The lowest BCUT2D eigenvalue weighted by Crippen LogP contribution is -2.57. The van der Waals surface area contributed by atoms with Gasteiger partial charge in [-0.2, -0.15) is 0 Å². The number of hydrogen-bond donors (Lipinski definition) is 1. The van der Waals surface area contributed by atoms with E-state index in [1.54, 1.807) is 0 Å². The van der Waals surface area contributed by atoms with Crippen LogP contribution in [0.25, 0.3) is 0 Å². The molecule has 0 bridgehead atoms. The number of nitrogens with one attached hydrogen (secondary N) is 1. The molecule has 0 radical (unpaired) electrons. The van der Waals surface area contributed by atoms with Crippen molar-refractivity contribution in [2.75, 3.05) is 46.8 Å². The zero-order valence-corrected chi connectivity index (χ0v) is 11.1. The quantitative estimate of drug-likeness (QED) is 0.773. The van der Waals surface area contributed by atoms with Crippen LogP contribution in [0.4, 0.5) is 0 Å². The van der Waals surface area contributed by atoms with Gasteiger partial charge in [-0.15, -0.1) is 0 Å². The van der Waals surface area contributed by atoms with Crippen LogP contribution in [0.2, 0.25) is 0 Å². The standard InChI is InChI=1S/C13H27N3/c1-12-9-13(11-14-10-12)5-4-6-16(13)8-7-15(2)3/h12,14H,4-11H2,1-3H3. The first-order chi connectivity index (χ1) is 7.62. The maximum Gasteiger partial charge on any atom is 0.0337 e. The molecular formula is C13H27N3. The van der Waals surface area contributed by atoms with Crippen molar-refractivity contribution in [2.24, 2.45) is 5.92 Å². The third kappa shape index (κ3) is 2.58. The van der Waals surface area contributed by atoms with Crippen molar-refractivity contribution in [3.05, 3.63) is 0 Å². The first kappa shape index (κ1) is 12.3. The highest BCUT2D eigenvalue weighted by Crippen LogP contribution is 2.36. The fourth-order valence-electron chi connectivity index (χ4n) is 3.44. The molecular weight excluding hydrogens is 198 g/mol. The molecule has 2 fully saturated rings. The number of rotatable bonds is 3. The molecule has 2 saturated heterocycles. The summed E-state index contributed by atoms with van der Waals surface area (Å²) in [6, 6.07) is 0. The molecule has 2 heterocycles. The van der Waals surface area contributed by atoms with Crippen LogP contribution in [0.15, 0.2) is 0 Å². The van der Waals surface area contributed by atoms with Crippen molar-refractivity contribution in [1.82, 2.24) is 15.1 Å². The Labute approximate surface area is 100 Å². The molecule has 0 aliphatic carbocycles. The van der Waals surface area contributed by atoms with Crippen molar-refractivity contribution in [1.29, 1.82) is 0 Å². The van der Waals surface area contributed by atoms with E-state index in [0.29, 0.717) is 5.54 Å². The van der Waals surface area contributed by atoms with Crippen LogP contribution in [0.1, 0.15) is 26.2 Å². The third-order valence-corrected chi connectivity index (χ3v) is 4.23. The van der Waals surface area contributed by atoms with Gasteiger partial charge in [0.25, 0.3) is 0 Å². The number of hydrogen-bond acceptors (Lipinski definition) is 3.